The molecule has 1 aromatic carbocycles. The van der Waals surface area contributed by atoms with Gasteiger partial charge in [0.25, 0.3) is 5.91 Å². The molecule has 1 amide bonds. The minimum absolute atomic E-state index is 0.0325. The first kappa shape index (κ1) is 14.7. The van der Waals surface area contributed by atoms with E-state index in [4.69, 9.17) is 10.5 Å². The Hall–Kier alpha value is -1.71. The van der Waals surface area contributed by atoms with Gasteiger partial charge in [0.1, 0.15) is 5.75 Å². The van der Waals surface area contributed by atoms with Crippen molar-refractivity contribution < 1.29 is 9.53 Å². The molecule has 110 valence electrons. The van der Waals surface area contributed by atoms with Crippen LogP contribution in [0.4, 0.5) is 5.69 Å². The molecule has 2 rings (SSSR count). The maximum atomic E-state index is 12.6. The van der Waals surface area contributed by atoms with Crippen LogP contribution in [0.1, 0.15) is 49.4 Å². The normalized spacial score (nSPS) is 15.9. The van der Waals surface area contributed by atoms with Crippen molar-refractivity contribution in [3.63, 3.8) is 0 Å². The number of nitrogen functional groups attached to an aromatic ring is 1. The van der Waals surface area contributed by atoms with Crippen LogP contribution in [-0.2, 0) is 0 Å². The molecule has 20 heavy (non-hydrogen) atoms. The monoisotopic (exact) mass is 276 g/mol. The number of ether oxygens (including phenoxy) is 1. The van der Waals surface area contributed by atoms with E-state index in [9.17, 15) is 4.79 Å². The molecule has 1 saturated carbocycles. The number of carbonyl (C=O) groups is 1. The highest BCUT2D eigenvalue weighted by molar-refractivity contribution is 5.95. The summed E-state index contributed by atoms with van der Waals surface area (Å²) in [5.41, 5.74) is 7.03. The summed E-state index contributed by atoms with van der Waals surface area (Å²) in [5, 5.41) is 0. The van der Waals surface area contributed by atoms with Crippen LogP contribution >= 0.6 is 0 Å². The highest BCUT2D eigenvalue weighted by Crippen LogP contribution is 2.25. The number of nitrogens with two attached hydrogens (primary N) is 1. The summed E-state index contributed by atoms with van der Waals surface area (Å²) in [7, 11) is 1.89. The summed E-state index contributed by atoms with van der Waals surface area (Å²) in [6, 6.07) is 5.61. The first-order chi connectivity index (χ1) is 9.61. The van der Waals surface area contributed by atoms with Crippen LogP contribution in [0.5, 0.6) is 5.75 Å². The number of amides is 1. The zero-order chi connectivity index (χ0) is 14.5. The Morgan fingerprint density at radius 3 is 2.65 bits per heavy atom. The number of rotatable bonds is 4. The lowest BCUT2D eigenvalue weighted by atomic mass is 9.94. The number of carbonyl (C=O) groups excluding carboxylic acids is 1. The zero-order valence-electron chi connectivity index (χ0n) is 12.4. The standard InChI is InChI=1S/C16H24N2O2/c1-3-20-15-10-12(9-13(17)11-15)16(19)18(2)14-7-5-4-6-8-14/h9-11,14H,3-8,17H2,1-2H3. The van der Waals surface area contributed by atoms with E-state index in [-0.39, 0.29) is 5.91 Å². The maximum absolute atomic E-state index is 12.6. The van der Waals surface area contributed by atoms with E-state index in [1.165, 1.54) is 19.3 Å². The molecule has 4 heteroatoms. The SMILES string of the molecule is CCOc1cc(N)cc(C(=O)N(C)C2CCCCC2)c1. The van der Waals surface area contributed by atoms with Gasteiger partial charge in [-0.05, 0) is 31.9 Å². The predicted octanol–water partition coefficient (Wildman–Crippen LogP) is 3.07. The third-order valence-corrected chi connectivity index (χ3v) is 3.93. The highest BCUT2D eigenvalue weighted by Gasteiger charge is 2.23. The molecule has 0 aliphatic heterocycles. The Balaban J connectivity index is 2.14. The number of hydrogen-bond acceptors (Lipinski definition) is 3. The zero-order valence-corrected chi connectivity index (χ0v) is 12.4. The average molecular weight is 276 g/mol. The van der Waals surface area contributed by atoms with Crippen LogP contribution in [0.25, 0.3) is 0 Å². The number of benzene rings is 1. The number of hydrogen-bond donors (Lipinski definition) is 1. The topological polar surface area (TPSA) is 55.6 Å². The summed E-state index contributed by atoms with van der Waals surface area (Å²) in [6.45, 7) is 2.48. The Kier molecular flexibility index (Phi) is 4.88. The molecule has 0 atom stereocenters. The summed E-state index contributed by atoms with van der Waals surface area (Å²) in [5.74, 6) is 0.693. The molecular weight excluding hydrogens is 252 g/mol. The lowest BCUT2D eigenvalue weighted by Gasteiger charge is -2.31. The summed E-state index contributed by atoms with van der Waals surface area (Å²) < 4.78 is 5.45. The van der Waals surface area contributed by atoms with Crippen LogP contribution in [0.2, 0.25) is 0 Å². The van der Waals surface area contributed by atoms with Gasteiger partial charge in [0.15, 0.2) is 0 Å². The van der Waals surface area contributed by atoms with Crippen molar-refractivity contribution in [1.29, 1.82) is 0 Å². The fourth-order valence-electron chi connectivity index (χ4n) is 2.83. The van der Waals surface area contributed by atoms with Crippen LogP contribution in [0.15, 0.2) is 18.2 Å². The molecular formula is C16H24N2O2. The molecule has 0 radical (unpaired) electrons. The minimum atomic E-state index is 0.0325. The van der Waals surface area contributed by atoms with Crippen LogP contribution in [0.3, 0.4) is 0 Å². The molecule has 0 spiro atoms. The second kappa shape index (κ2) is 6.64. The van der Waals surface area contributed by atoms with Gasteiger partial charge in [-0.25, -0.2) is 0 Å². The van der Waals surface area contributed by atoms with Gasteiger partial charge in [-0.1, -0.05) is 19.3 Å². The van der Waals surface area contributed by atoms with E-state index in [0.29, 0.717) is 29.6 Å². The minimum Gasteiger partial charge on any atom is -0.494 e. The maximum Gasteiger partial charge on any atom is 0.254 e. The van der Waals surface area contributed by atoms with Crippen LogP contribution in [0, 0.1) is 0 Å². The second-order valence-electron chi connectivity index (χ2n) is 5.43. The molecule has 0 bridgehead atoms. The fourth-order valence-corrected chi connectivity index (χ4v) is 2.83. The van der Waals surface area contributed by atoms with Crippen LogP contribution < -0.4 is 10.5 Å². The van der Waals surface area contributed by atoms with E-state index in [2.05, 4.69) is 0 Å². The van der Waals surface area contributed by atoms with Crippen molar-refractivity contribution in [3.05, 3.63) is 23.8 Å². The average Bonchev–Trinajstić information content (AvgIpc) is 2.46. The van der Waals surface area contributed by atoms with E-state index < -0.39 is 0 Å². The van der Waals surface area contributed by atoms with Crippen molar-refractivity contribution in [1.82, 2.24) is 4.90 Å². The van der Waals surface area contributed by atoms with Crippen molar-refractivity contribution in [3.8, 4) is 5.75 Å². The van der Waals surface area contributed by atoms with Crippen molar-refractivity contribution in [2.45, 2.75) is 45.1 Å². The fraction of sp³-hybridized carbons (Fsp3) is 0.562. The summed E-state index contributed by atoms with van der Waals surface area (Å²) >= 11 is 0. The predicted molar refractivity (Wildman–Crippen MR) is 81.0 cm³/mol. The largest absolute Gasteiger partial charge is 0.494 e. The van der Waals surface area contributed by atoms with Gasteiger partial charge in [-0.2, -0.15) is 0 Å². The lowest BCUT2D eigenvalue weighted by molar-refractivity contribution is 0.0696. The third kappa shape index (κ3) is 3.44. The Labute approximate surface area is 120 Å². The molecule has 1 aliphatic rings. The number of nitrogens with zero attached hydrogens (tertiary/aromatic N) is 1. The Bertz CT molecular complexity index is 468. The molecule has 1 aromatic rings. The molecule has 1 aliphatic carbocycles. The number of anilines is 1. The van der Waals surface area contributed by atoms with E-state index in [1.807, 2.05) is 18.9 Å². The lowest BCUT2D eigenvalue weighted by Crippen LogP contribution is -2.38. The summed E-state index contributed by atoms with van der Waals surface area (Å²) in [4.78, 5) is 14.4. The molecule has 2 N–H and O–H groups in total. The van der Waals surface area contributed by atoms with Gasteiger partial charge in [0.2, 0.25) is 0 Å². The Morgan fingerprint density at radius 1 is 1.30 bits per heavy atom. The van der Waals surface area contributed by atoms with Gasteiger partial charge < -0.3 is 15.4 Å². The van der Waals surface area contributed by atoms with E-state index in [1.54, 1.807) is 18.2 Å². The molecule has 0 heterocycles. The van der Waals surface area contributed by atoms with Gasteiger partial charge in [0.05, 0.1) is 6.61 Å². The van der Waals surface area contributed by atoms with E-state index in [0.717, 1.165) is 12.8 Å². The molecule has 0 unspecified atom stereocenters. The first-order valence-electron chi connectivity index (χ1n) is 7.42. The molecule has 1 fully saturated rings. The third-order valence-electron chi connectivity index (χ3n) is 3.93. The van der Waals surface area contributed by atoms with Crippen molar-refractivity contribution in [2.75, 3.05) is 19.4 Å². The van der Waals surface area contributed by atoms with Crippen LogP contribution in [-0.4, -0.2) is 30.5 Å². The first-order valence-corrected chi connectivity index (χ1v) is 7.42. The second-order valence-corrected chi connectivity index (χ2v) is 5.43. The van der Waals surface area contributed by atoms with Gasteiger partial charge in [0, 0.05) is 30.4 Å². The highest BCUT2D eigenvalue weighted by atomic mass is 16.5. The molecule has 0 aromatic heterocycles. The van der Waals surface area contributed by atoms with E-state index >= 15 is 0 Å². The Morgan fingerprint density at radius 2 is 2.00 bits per heavy atom. The molecule has 4 nitrogen and oxygen atoms in total. The quantitative estimate of drug-likeness (QED) is 0.860. The van der Waals surface area contributed by atoms with Gasteiger partial charge >= 0.3 is 0 Å². The van der Waals surface area contributed by atoms with Gasteiger partial charge in [-0.3, -0.25) is 4.79 Å². The van der Waals surface area contributed by atoms with Crippen molar-refractivity contribution in [2.24, 2.45) is 0 Å². The summed E-state index contributed by atoms with van der Waals surface area (Å²) in [6.07, 6.45) is 5.91. The molecule has 0 saturated heterocycles. The smallest absolute Gasteiger partial charge is 0.254 e. The van der Waals surface area contributed by atoms with Gasteiger partial charge in [-0.15, -0.1) is 0 Å². The van der Waals surface area contributed by atoms with Crippen molar-refractivity contribution >= 4 is 11.6 Å².